The Morgan fingerprint density at radius 3 is 2.68 bits per heavy atom. The maximum Gasteiger partial charge on any atom is 0.266 e. The summed E-state index contributed by atoms with van der Waals surface area (Å²) in [5.74, 6) is 0.589. The Labute approximate surface area is 188 Å². The van der Waals surface area contributed by atoms with Gasteiger partial charge in [0.1, 0.15) is 5.65 Å². The van der Waals surface area contributed by atoms with E-state index in [1.54, 1.807) is 10.6 Å². The van der Waals surface area contributed by atoms with Gasteiger partial charge in [-0.1, -0.05) is 47.6 Å². The first kappa shape index (κ1) is 19.8. The molecule has 0 aliphatic heterocycles. The van der Waals surface area contributed by atoms with E-state index in [-0.39, 0.29) is 5.56 Å². The number of hydrogen-bond acceptors (Lipinski definition) is 4. The molecule has 5 rings (SSSR count). The van der Waals surface area contributed by atoms with Gasteiger partial charge in [-0.15, -0.1) is 0 Å². The smallest absolute Gasteiger partial charge is 0.266 e. The first-order valence-electron chi connectivity index (χ1n) is 9.86. The number of thioether (sulfide) groups is 1. The number of aromatic nitrogens is 4. The quantitative estimate of drug-likeness (QED) is 0.266. The van der Waals surface area contributed by atoms with E-state index >= 15 is 0 Å². The van der Waals surface area contributed by atoms with Gasteiger partial charge in [0.05, 0.1) is 22.3 Å². The fourth-order valence-corrected chi connectivity index (χ4v) is 4.73. The first-order chi connectivity index (χ1) is 15.0. The molecule has 0 amide bonds. The Balaban J connectivity index is 1.63. The van der Waals surface area contributed by atoms with Crippen molar-refractivity contribution in [1.82, 2.24) is 18.9 Å². The van der Waals surface area contributed by atoms with Crippen LogP contribution in [-0.4, -0.2) is 18.9 Å². The summed E-state index contributed by atoms with van der Waals surface area (Å²) in [7, 11) is 0. The molecule has 3 aromatic heterocycles. The number of nitrogens with zero attached hydrogens (tertiary/aromatic N) is 4. The fraction of sp³-hybridized carbons (Fsp3) is 0.125. The summed E-state index contributed by atoms with van der Waals surface area (Å²) < 4.78 is 3.68. The van der Waals surface area contributed by atoms with E-state index in [0.717, 1.165) is 28.2 Å². The molecular formula is C24H19ClN4OS. The third kappa shape index (κ3) is 3.52. The molecule has 0 saturated carbocycles. The van der Waals surface area contributed by atoms with Crippen LogP contribution in [0.5, 0.6) is 0 Å². The Morgan fingerprint density at radius 1 is 1.00 bits per heavy atom. The number of benzene rings is 2. The van der Waals surface area contributed by atoms with E-state index in [1.165, 1.54) is 11.8 Å². The van der Waals surface area contributed by atoms with Crippen LogP contribution in [0.25, 0.3) is 22.2 Å². The highest BCUT2D eigenvalue weighted by molar-refractivity contribution is 7.98. The molecule has 0 saturated heterocycles. The van der Waals surface area contributed by atoms with Crippen molar-refractivity contribution in [3.63, 3.8) is 0 Å². The molecule has 5 nitrogen and oxygen atoms in total. The zero-order valence-electron chi connectivity index (χ0n) is 17.0. The van der Waals surface area contributed by atoms with Gasteiger partial charge in [-0.05, 0) is 55.3 Å². The Bertz CT molecular complexity index is 1510. The molecule has 0 fully saturated rings. The zero-order chi connectivity index (χ0) is 21.5. The maximum atomic E-state index is 13.5. The highest BCUT2D eigenvalue weighted by Gasteiger charge is 2.16. The van der Waals surface area contributed by atoms with Gasteiger partial charge in [0.25, 0.3) is 5.56 Å². The van der Waals surface area contributed by atoms with Crippen LogP contribution in [0.2, 0.25) is 5.02 Å². The number of para-hydroxylation sites is 1. The molecule has 0 aliphatic carbocycles. The highest BCUT2D eigenvalue weighted by Crippen LogP contribution is 2.28. The van der Waals surface area contributed by atoms with E-state index in [9.17, 15) is 4.79 Å². The second-order valence-corrected chi connectivity index (χ2v) is 8.73. The molecule has 5 aromatic rings. The normalized spacial score (nSPS) is 11.5. The third-order valence-electron chi connectivity index (χ3n) is 5.30. The number of fused-ring (bicyclic) bond motifs is 2. The van der Waals surface area contributed by atoms with Crippen LogP contribution < -0.4 is 5.56 Å². The summed E-state index contributed by atoms with van der Waals surface area (Å²) in [6.45, 7) is 3.96. The summed E-state index contributed by atoms with van der Waals surface area (Å²) in [6, 6.07) is 17.0. The minimum Gasteiger partial charge on any atom is -0.307 e. The van der Waals surface area contributed by atoms with Gasteiger partial charge in [-0.2, -0.15) is 0 Å². The summed E-state index contributed by atoms with van der Waals surface area (Å²) in [4.78, 5) is 23.0. The number of rotatable bonds is 4. The maximum absolute atomic E-state index is 13.5. The Kier molecular flexibility index (Phi) is 5.04. The van der Waals surface area contributed by atoms with E-state index in [2.05, 4.69) is 0 Å². The summed E-state index contributed by atoms with van der Waals surface area (Å²) >= 11 is 7.86. The lowest BCUT2D eigenvalue weighted by Crippen LogP contribution is -2.22. The van der Waals surface area contributed by atoms with Crippen LogP contribution in [0.3, 0.4) is 0 Å². The van der Waals surface area contributed by atoms with Crippen LogP contribution >= 0.6 is 23.4 Å². The molecule has 7 heteroatoms. The predicted octanol–water partition coefficient (Wildman–Crippen LogP) is 5.60. The zero-order valence-corrected chi connectivity index (χ0v) is 18.6. The second-order valence-electron chi connectivity index (χ2n) is 7.38. The second kappa shape index (κ2) is 7.87. The van der Waals surface area contributed by atoms with Crippen molar-refractivity contribution in [3.8, 4) is 5.69 Å². The van der Waals surface area contributed by atoms with Gasteiger partial charge in [0.15, 0.2) is 5.16 Å². The molecule has 0 atom stereocenters. The fourth-order valence-electron chi connectivity index (χ4n) is 3.67. The molecule has 2 aromatic carbocycles. The first-order valence-corrected chi connectivity index (χ1v) is 11.2. The van der Waals surface area contributed by atoms with E-state index < -0.39 is 0 Å². The van der Waals surface area contributed by atoms with Crippen molar-refractivity contribution in [2.24, 2.45) is 0 Å². The number of pyridine rings is 1. The van der Waals surface area contributed by atoms with Crippen LogP contribution in [0, 0.1) is 13.8 Å². The number of hydrogen-bond donors (Lipinski definition) is 0. The SMILES string of the molecule is Cc1c(Cl)cccc1-n1c(SCc2cn3cccc(C)c3n2)nc2ccccc2c1=O. The van der Waals surface area contributed by atoms with Crippen molar-refractivity contribution < 1.29 is 0 Å². The van der Waals surface area contributed by atoms with E-state index in [1.807, 2.05) is 79.2 Å². The van der Waals surface area contributed by atoms with Crippen molar-refractivity contribution in [2.75, 3.05) is 0 Å². The van der Waals surface area contributed by atoms with Crippen molar-refractivity contribution in [2.45, 2.75) is 24.8 Å². The average molecular weight is 447 g/mol. The van der Waals surface area contributed by atoms with Crippen molar-refractivity contribution in [1.29, 1.82) is 0 Å². The van der Waals surface area contributed by atoms with Crippen LogP contribution in [0.15, 0.2) is 76.9 Å². The average Bonchev–Trinajstić information content (AvgIpc) is 3.19. The van der Waals surface area contributed by atoms with E-state index in [4.69, 9.17) is 21.6 Å². The molecule has 0 bridgehead atoms. The lowest BCUT2D eigenvalue weighted by atomic mass is 10.2. The van der Waals surface area contributed by atoms with Gasteiger partial charge in [-0.3, -0.25) is 9.36 Å². The largest absolute Gasteiger partial charge is 0.307 e. The monoisotopic (exact) mass is 446 g/mol. The van der Waals surface area contributed by atoms with Gasteiger partial charge in [0, 0.05) is 23.2 Å². The number of aryl methyl sites for hydroxylation is 1. The molecule has 154 valence electrons. The molecule has 0 radical (unpaired) electrons. The molecule has 0 spiro atoms. The Hall–Kier alpha value is -3.09. The van der Waals surface area contributed by atoms with Crippen molar-refractivity contribution >= 4 is 39.9 Å². The van der Waals surface area contributed by atoms with E-state index in [0.29, 0.717) is 26.8 Å². The topological polar surface area (TPSA) is 52.2 Å². The minimum atomic E-state index is -0.107. The summed E-state index contributed by atoms with van der Waals surface area (Å²) in [6.07, 6.45) is 4.01. The molecule has 31 heavy (non-hydrogen) atoms. The molecule has 0 aliphatic rings. The van der Waals surface area contributed by atoms with Gasteiger partial charge < -0.3 is 4.40 Å². The van der Waals surface area contributed by atoms with Crippen LogP contribution in [-0.2, 0) is 5.75 Å². The predicted molar refractivity (Wildman–Crippen MR) is 127 cm³/mol. The summed E-state index contributed by atoms with van der Waals surface area (Å²) in [5.41, 5.74) is 5.14. The van der Waals surface area contributed by atoms with Crippen LogP contribution in [0.4, 0.5) is 0 Å². The molecule has 0 unspecified atom stereocenters. The lowest BCUT2D eigenvalue weighted by molar-refractivity contribution is 0.814. The van der Waals surface area contributed by atoms with Crippen molar-refractivity contribution in [3.05, 3.63) is 99.2 Å². The van der Waals surface area contributed by atoms with Gasteiger partial charge in [0.2, 0.25) is 0 Å². The molecular weight excluding hydrogens is 428 g/mol. The molecule has 3 heterocycles. The number of imidazole rings is 1. The standard InChI is InChI=1S/C24H19ClN4OS/c1-15-7-6-12-28-13-17(26-22(15)28)14-31-24-27-20-10-4-3-8-18(20)23(30)29(24)21-11-5-9-19(25)16(21)2/h3-13H,14H2,1-2H3. The van der Waals surface area contributed by atoms with Gasteiger partial charge in [-0.25, -0.2) is 9.97 Å². The lowest BCUT2D eigenvalue weighted by Gasteiger charge is -2.15. The Morgan fingerprint density at radius 2 is 1.84 bits per heavy atom. The van der Waals surface area contributed by atoms with Crippen LogP contribution in [0.1, 0.15) is 16.8 Å². The molecule has 0 N–H and O–H groups in total. The summed E-state index contributed by atoms with van der Waals surface area (Å²) in [5, 5.41) is 1.81. The van der Waals surface area contributed by atoms with Gasteiger partial charge >= 0.3 is 0 Å². The highest BCUT2D eigenvalue weighted by atomic mass is 35.5. The third-order valence-corrected chi connectivity index (χ3v) is 6.68. The minimum absolute atomic E-state index is 0.107. The number of halogens is 1.